The minimum absolute atomic E-state index is 0.153. The Morgan fingerprint density at radius 2 is 2.18 bits per heavy atom. The zero-order valence-electron chi connectivity index (χ0n) is 9.71. The van der Waals surface area contributed by atoms with Crippen molar-refractivity contribution < 1.29 is 4.79 Å². The standard InChI is InChI=1S/C13H17ClN2O/c14-12-3-1-10(2-4-12)5-8-16-13(17)11-6-7-15-9-11/h1-4,11,15H,5-9H2,(H,16,17)/t11-/m1/s1. The van der Waals surface area contributed by atoms with E-state index in [9.17, 15) is 4.79 Å². The van der Waals surface area contributed by atoms with Gasteiger partial charge in [-0.15, -0.1) is 0 Å². The number of nitrogens with one attached hydrogen (secondary N) is 2. The number of carbonyl (C=O) groups excluding carboxylic acids is 1. The van der Waals surface area contributed by atoms with Crippen molar-refractivity contribution in [3.63, 3.8) is 0 Å². The van der Waals surface area contributed by atoms with Crippen LogP contribution in [-0.2, 0) is 11.2 Å². The first-order chi connectivity index (χ1) is 8.25. The van der Waals surface area contributed by atoms with Gasteiger partial charge in [-0.3, -0.25) is 4.79 Å². The van der Waals surface area contributed by atoms with Gasteiger partial charge >= 0.3 is 0 Å². The van der Waals surface area contributed by atoms with Gasteiger partial charge in [-0.25, -0.2) is 0 Å². The Balaban J connectivity index is 1.72. The van der Waals surface area contributed by atoms with Gasteiger partial charge in [0.25, 0.3) is 0 Å². The largest absolute Gasteiger partial charge is 0.355 e. The first-order valence-corrected chi connectivity index (χ1v) is 6.36. The molecule has 1 saturated heterocycles. The summed E-state index contributed by atoms with van der Waals surface area (Å²) >= 11 is 5.81. The van der Waals surface area contributed by atoms with Gasteiger partial charge in [0.1, 0.15) is 0 Å². The van der Waals surface area contributed by atoms with Crippen molar-refractivity contribution in [2.45, 2.75) is 12.8 Å². The number of rotatable bonds is 4. The fourth-order valence-electron chi connectivity index (χ4n) is 2.00. The van der Waals surface area contributed by atoms with E-state index in [-0.39, 0.29) is 11.8 Å². The van der Waals surface area contributed by atoms with Crippen LogP contribution in [0.4, 0.5) is 0 Å². The van der Waals surface area contributed by atoms with E-state index in [2.05, 4.69) is 10.6 Å². The molecule has 2 N–H and O–H groups in total. The molecular formula is C13H17ClN2O. The minimum atomic E-state index is 0.153. The number of amides is 1. The molecule has 1 aliphatic heterocycles. The number of carbonyl (C=O) groups is 1. The van der Waals surface area contributed by atoms with Gasteiger partial charge in [0.15, 0.2) is 0 Å². The Morgan fingerprint density at radius 1 is 1.41 bits per heavy atom. The van der Waals surface area contributed by atoms with Gasteiger partial charge in [-0.2, -0.15) is 0 Å². The van der Waals surface area contributed by atoms with Gasteiger partial charge < -0.3 is 10.6 Å². The Kier molecular flexibility index (Phi) is 4.40. The molecule has 1 atom stereocenters. The van der Waals surface area contributed by atoms with Crippen LogP contribution in [0.25, 0.3) is 0 Å². The van der Waals surface area contributed by atoms with Crippen LogP contribution in [0.5, 0.6) is 0 Å². The van der Waals surface area contributed by atoms with Gasteiger partial charge in [0, 0.05) is 18.1 Å². The van der Waals surface area contributed by atoms with Crippen molar-refractivity contribution >= 4 is 17.5 Å². The second-order valence-corrected chi connectivity index (χ2v) is 4.79. The lowest BCUT2D eigenvalue weighted by Gasteiger charge is -2.09. The summed E-state index contributed by atoms with van der Waals surface area (Å²) in [4.78, 5) is 11.7. The van der Waals surface area contributed by atoms with E-state index in [1.54, 1.807) is 0 Å². The molecule has 0 aliphatic carbocycles. The van der Waals surface area contributed by atoms with Crippen LogP contribution in [0.2, 0.25) is 5.02 Å². The molecule has 92 valence electrons. The van der Waals surface area contributed by atoms with Crippen LogP contribution in [0.1, 0.15) is 12.0 Å². The van der Waals surface area contributed by atoms with Crippen LogP contribution in [0, 0.1) is 5.92 Å². The molecule has 2 rings (SSSR count). The van der Waals surface area contributed by atoms with Gasteiger partial charge in [-0.1, -0.05) is 23.7 Å². The Hall–Kier alpha value is -1.06. The van der Waals surface area contributed by atoms with Crippen molar-refractivity contribution in [1.82, 2.24) is 10.6 Å². The van der Waals surface area contributed by atoms with Crippen molar-refractivity contribution in [3.05, 3.63) is 34.9 Å². The first-order valence-electron chi connectivity index (χ1n) is 5.98. The van der Waals surface area contributed by atoms with Crippen LogP contribution in [0.3, 0.4) is 0 Å². The van der Waals surface area contributed by atoms with Crippen molar-refractivity contribution in [3.8, 4) is 0 Å². The molecule has 1 fully saturated rings. The van der Waals surface area contributed by atoms with Crippen molar-refractivity contribution in [2.24, 2.45) is 5.92 Å². The summed E-state index contributed by atoms with van der Waals surface area (Å²) in [6, 6.07) is 7.73. The molecule has 0 aromatic heterocycles. The summed E-state index contributed by atoms with van der Waals surface area (Å²) in [6.45, 7) is 2.46. The molecule has 0 saturated carbocycles. The molecule has 1 aromatic carbocycles. The third-order valence-corrected chi connectivity index (χ3v) is 3.31. The third kappa shape index (κ3) is 3.72. The van der Waals surface area contributed by atoms with E-state index >= 15 is 0 Å². The predicted molar refractivity (Wildman–Crippen MR) is 69.1 cm³/mol. The maximum absolute atomic E-state index is 11.7. The summed E-state index contributed by atoms with van der Waals surface area (Å²) < 4.78 is 0. The van der Waals surface area contributed by atoms with Crippen molar-refractivity contribution in [1.29, 1.82) is 0 Å². The maximum Gasteiger partial charge on any atom is 0.224 e. The Labute approximate surface area is 107 Å². The Morgan fingerprint density at radius 3 is 2.82 bits per heavy atom. The average Bonchev–Trinajstić information content (AvgIpc) is 2.85. The van der Waals surface area contributed by atoms with Crippen molar-refractivity contribution in [2.75, 3.05) is 19.6 Å². The zero-order chi connectivity index (χ0) is 12.1. The summed E-state index contributed by atoms with van der Waals surface area (Å²) in [5.41, 5.74) is 1.19. The molecule has 1 amide bonds. The molecule has 17 heavy (non-hydrogen) atoms. The lowest BCUT2D eigenvalue weighted by molar-refractivity contribution is -0.124. The van der Waals surface area contributed by atoms with E-state index in [0.29, 0.717) is 6.54 Å². The van der Waals surface area contributed by atoms with Gasteiger partial charge in [0.2, 0.25) is 5.91 Å². The number of halogens is 1. The Bertz CT molecular complexity index is 372. The minimum Gasteiger partial charge on any atom is -0.355 e. The number of hydrogen-bond donors (Lipinski definition) is 2. The molecular weight excluding hydrogens is 236 g/mol. The van der Waals surface area contributed by atoms with E-state index in [1.165, 1.54) is 5.56 Å². The molecule has 0 bridgehead atoms. The smallest absolute Gasteiger partial charge is 0.224 e. The van der Waals surface area contributed by atoms with E-state index < -0.39 is 0 Å². The topological polar surface area (TPSA) is 41.1 Å². The van der Waals surface area contributed by atoms with Gasteiger partial charge in [0.05, 0.1) is 5.92 Å². The average molecular weight is 253 g/mol. The van der Waals surface area contributed by atoms with Gasteiger partial charge in [-0.05, 0) is 37.1 Å². The molecule has 1 aliphatic rings. The lowest BCUT2D eigenvalue weighted by atomic mass is 10.1. The third-order valence-electron chi connectivity index (χ3n) is 3.06. The molecule has 0 unspecified atom stereocenters. The normalized spacial score (nSPS) is 19.2. The van der Waals surface area contributed by atoms with E-state index in [4.69, 9.17) is 11.6 Å². The van der Waals surface area contributed by atoms with E-state index in [1.807, 2.05) is 24.3 Å². The highest BCUT2D eigenvalue weighted by Gasteiger charge is 2.21. The van der Waals surface area contributed by atoms with Crippen LogP contribution in [0.15, 0.2) is 24.3 Å². The highest BCUT2D eigenvalue weighted by molar-refractivity contribution is 6.30. The first kappa shape index (κ1) is 12.4. The molecule has 0 radical (unpaired) electrons. The SMILES string of the molecule is O=C(NCCc1ccc(Cl)cc1)[C@@H]1CCNC1. The summed E-state index contributed by atoms with van der Waals surface area (Å²) in [5.74, 6) is 0.323. The highest BCUT2D eigenvalue weighted by Crippen LogP contribution is 2.10. The summed E-state index contributed by atoms with van der Waals surface area (Å²) in [7, 11) is 0. The maximum atomic E-state index is 11.7. The molecule has 1 aromatic rings. The quantitative estimate of drug-likeness (QED) is 0.855. The molecule has 1 heterocycles. The molecule has 3 nitrogen and oxygen atoms in total. The number of benzene rings is 1. The second-order valence-electron chi connectivity index (χ2n) is 4.36. The number of hydrogen-bond acceptors (Lipinski definition) is 2. The summed E-state index contributed by atoms with van der Waals surface area (Å²) in [5, 5.41) is 6.91. The highest BCUT2D eigenvalue weighted by atomic mass is 35.5. The monoisotopic (exact) mass is 252 g/mol. The molecule has 4 heteroatoms. The van der Waals surface area contributed by atoms with Crippen LogP contribution >= 0.6 is 11.6 Å². The van der Waals surface area contributed by atoms with E-state index in [0.717, 1.165) is 31.0 Å². The van der Waals surface area contributed by atoms with Crippen LogP contribution in [-0.4, -0.2) is 25.5 Å². The fourth-order valence-corrected chi connectivity index (χ4v) is 2.13. The zero-order valence-corrected chi connectivity index (χ0v) is 10.5. The molecule has 0 spiro atoms. The second kappa shape index (κ2) is 6.03. The summed E-state index contributed by atoms with van der Waals surface area (Å²) in [6.07, 6.45) is 1.80. The predicted octanol–water partition coefficient (Wildman–Crippen LogP) is 1.61. The van der Waals surface area contributed by atoms with Crippen LogP contribution < -0.4 is 10.6 Å². The fraction of sp³-hybridized carbons (Fsp3) is 0.462. The lowest BCUT2D eigenvalue weighted by Crippen LogP contribution is -2.33.